The van der Waals surface area contributed by atoms with E-state index in [1.165, 1.54) is 6.07 Å². The van der Waals surface area contributed by atoms with Gasteiger partial charge in [0.25, 0.3) is 0 Å². The van der Waals surface area contributed by atoms with Gasteiger partial charge in [-0.25, -0.2) is 0 Å². The van der Waals surface area contributed by atoms with Gasteiger partial charge in [0.05, 0.1) is 5.52 Å². The molecule has 0 aliphatic carbocycles. The fourth-order valence-electron chi connectivity index (χ4n) is 1.05. The molecule has 0 saturated carbocycles. The Kier molecular flexibility index (Phi) is 4.16. The average Bonchev–Trinajstić information content (AvgIpc) is 2.21. The number of benzene rings is 1. The van der Waals surface area contributed by atoms with Crippen LogP contribution in [0.2, 0.25) is 4.43 Å². The van der Waals surface area contributed by atoms with Gasteiger partial charge in [-0.1, -0.05) is 30.3 Å². The number of hydrogen-bond donors (Lipinski definition) is 0. The van der Waals surface area contributed by atoms with Gasteiger partial charge in [-0.15, -0.1) is 0 Å². The third-order valence-corrected chi connectivity index (χ3v) is 1.57. The Bertz CT molecular complexity index is 389. The molecule has 2 rings (SSSR count). The van der Waals surface area contributed by atoms with E-state index in [0.717, 1.165) is 37.0 Å². The van der Waals surface area contributed by atoms with Gasteiger partial charge in [-0.2, -0.15) is 0 Å². The Balaban J connectivity index is 0.000000396. The quantitative estimate of drug-likeness (QED) is 0.673. The Hall–Kier alpha value is -0.635. The van der Waals surface area contributed by atoms with Crippen molar-refractivity contribution in [3.63, 3.8) is 0 Å². The van der Waals surface area contributed by atoms with Crippen LogP contribution in [0.1, 0.15) is 0 Å². The van der Waals surface area contributed by atoms with E-state index in [-0.39, 0.29) is 5.88 Å². The van der Waals surface area contributed by atoms with Crippen molar-refractivity contribution in [3.05, 3.63) is 36.4 Å². The van der Waals surface area contributed by atoms with E-state index in [9.17, 15) is 5.11 Å². The average molecular weight is 360 g/mol. The van der Waals surface area contributed by atoms with E-state index < -0.39 is 0 Å². The van der Waals surface area contributed by atoms with Gasteiger partial charge in [-0.3, -0.25) is 4.98 Å². The molecule has 0 aliphatic rings. The number of fused-ring (bicyclic) bond motifs is 1. The summed E-state index contributed by atoms with van der Waals surface area (Å²) in [4.78, 5) is 3.82. The van der Waals surface area contributed by atoms with E-state index >= 15 is 0 Å². The Labute approximate surface area is 93.6 Å². The second kappa shape index (κ2) is 5.17. The maximum absolute atomic E-state index is 10.8. The third kappa shape index (κ3) is 2.66. The van der Waals surface area contributed by atoms with Crippen LogP contribution in [0, 0.1) is 0 Å². The van der Waals surface area contributed by atoms with Crippen LogP contribution in [0.3, 0.4) is 0 Å². The smallest absolute Gasteiger partial charge is 0.0694 e. The minimum atomic E-state index is -0.177. The summed E-state index contributed by atoms with van der Waals surface area (Å²) in [5.74, 6) is -0.177. The van der Waals surface area contributed by atoms with Crippen LogP contribution in [0.5, 0.6) is 5.88 Å². The van der Waals surface area contributed by atoms with Crippen molar-refractivity contribution >= 4 is 10.9 Å². The first-order chi connectivity index (χ1) is 6.36. The molecule has 62 valence electrons. The molecule has 0 atom stereocenters. The summed E-state index contributed by atoms with van der Waals surface area (Å²) in [6.07, 6.45) is 0. The van der Waals surface area contributed by atoms with Crippen LogP contribution < -0.4 is 5.11 Å². The Morgan fingerprint density at radius 3 is 2.54 bits per heavy atom. The van der Waals surface area contributed by atoms with Crippen LogP contribution in [0.25, 0.3) is 10.9 Å². The fraction of sp³-hybridized carbons (Fsp3) is 0.100. The second-order valence-electron chi connectivity index (χ2n) is 2.34. The molecule has 1 aromatic heterocycles. The van der Waals surface area contributed by atoms with Crippen LogP contribution in [0.4, 0.5) is 0 Å². The second-order valence-corrected chi connectivity index (χ2v) is 2.34. The molecule has 0 radical (unpaired) electrons. The summed E-state index contributed by atoms with van der Waals surface area (Å²) in [7, 11) is 0. The van der Waals surface area contributed by atoms with Gasteiger partial charge in [0.2, 0.25) is 0 Å². The van der Waals surface area contributed by atoms with Gasteiger partial charge in [-0.05, 0) is 11.9 Å². The molecule has 0 spiro atoms. The third-order valence-electron chi connectivity index (χ3n) is 1.57. The molecule has 2 aromatic rings. The minimum Gasteiger partial charge on any atom is -0.859 e. The van der Waals surface area contributed by atoms with Crippen LogP contribution >= 0.6 is 0 Å². The van der Waals surface area contributed by atoms with Crippen molar-refractivity contribution in [2.75, 3.05) is 0 Å². The summed E-state index contributed by atoms with van der Waals surface area (Å²) in [5.41, 5.74) is 0.764. The van der Waals surface area contributed by atoms with Gasteiger partial charge in [0.15, 0.2) is 0 Å². The Morgan fingerprint density at radius 1 is 1.08 bits per heavy atom. The predicted octanol–water partition coefficient (Wildman–Crippen LogP) is 1.89. The molecule has 0 amide bonds. The van der Waals surface area contributed by atoms with Crippen molar-refractivity contribution < 1.29 is 31.2 Å². The molecule has 2 nitrogen and oxygen atoms in total. The first-order valence-corrected chi connectivity index (χ1v) is 9.59. The van der Waals surface area contributed by atoms with Gasteiger partial charge in [0, 0.05) is 5.39 Å². The van der Waals surface area contributed by atoms with Crippen LogP contribution in [0.15, 0.2) is 36.4 Å². The SMILES string of the molecule is [CH3][Hg+].[O-]c1ccc2ccccc2n1. The van der Waals surface area contributed by atoms with Gasteiger partial charge < -0.3 is 5.11 Å². The molecule has 0 fully saturated rings. The molecule has 0 aliphatic heterocycles. The van der Waals surface area contributed by atoms with E-state index in [0.29, 0.717) is 0 Å². The Morgan fingerprint density at radius 2 is 1.77 bits per heavy atom. The molecule has 1 aromatic carbocycles. The maximum Gasteiger partial charge on any atom is 0.0694 e. The molecule has 0 unspecified atom stereocenters. The van der Waals surface area contributed by atoms with E-state index in [4.69, 9.17) is 0 Å². The number of aromatic nitrogens is 1. The first-order valence-electron chi connectivity index (χ1n) is 4.10. The standard InChI is InChI=1S/C9H7NO.CH3.Hg/c11-9-6-5-7-3-1-2-4-8(7)10-9;;/h1-6H,(H,10,11);1H3;/q;;+1/p-1. The summed E-state index contributed by atoms with van der Waals surface area (Å²) in [5, 5.41) is 11.8. The van der Waals surface area contributed by atoms with Crippen molar-refractivity contribution in [1.82, 2.24) is 4.98 Å². The number of rotatable bonds is 0. The molecule has 3 heteroatoms. The maximum atomic E-state index is 10.8. The van der Waals surface area contributed by atoms with Crippen molar-refractivity contribution in [1.29, 1.82) is 0 Å². The first kappa shape index (κ1) is 10.4. The zero-order valence-corrected chi connectivity index (χ0v) is 13.0. The molecule has 0 N–H and O–H groups in total. The summed E-state index contributed by atoms with van der Waals surface area (Å²) < 4.78 is 2.19. The van der Waals surface area contributed by atoms with Gasteiger partial charge in [0.1, 0.15) is 0 Å². The van der Waals surface area contributed by atoms with Crippen molar-refractivity contribution in [2.45, 2.75) is 4.43 Å². The van der Waals surface area contributed by atoms with Crippen molar-refractivity contribution in [2.24, 2.45) is 0 Å². The number of hydrogen-bond acceptors (Lipinski definition) is 2. The van der Waals surface area contributed by atoms with E-state index in [1.807, 2.05) is 24.3 Å². The van der Waals surface area contributed by atoms with Gasteiger partial charge >= 0.3 is 30.6 Å². The summed E-state index contributed by atoms with van der Waals surface area (Å²) in [6.45, 7) is 0. The van der Waals surface area contributed by atoms with Crippen molar-refractivity contribution in [3.8, 4) is 5.88 Å². The molecular weight excluding hydrogens is 351 g/mol. The van der Waals surface area contributed by atoms with E-state index in [1.54, 1.807) is 6.07 Å². The monoisotopic (exact) mass is 361 g/mol. The topological polar surface area (TPSA) is 36.0 Å². The normalized spacial score (nSPS) is 9.15. The number of pyridine rings is 1. The fourth-order valence-corrected chi connectivity index (χ4v) is 1.05. The summed E-state index contributed by atoms with van der Waals surface area (Å²) in [6, 6.07) is 10.8. The molecule has 0 bridgehead atoms. The van der Waals surface area contributed by atoms with E-state index in [2.05, 4.69) is 9.42 Å². The molecule has 13 heavy (non-hydrogen) atoms. The molecule has 0 saturated heterocycles. The predicted molar refractivity (Wildman–Crippen MR) is 47.1 cm³/mol. The number of para-hydroxylation sites is 1. The summed E-state index contributed by atoms with van der Waals surface area (Å²) >= 11 is 1.03. The zero-order chi connectivity index (χ0) is 9.68. The minimum absolute atomic E-state index is 0.177. The largest absolute Gasteiger partial charge is 0.859 e. The molecule has 1 heterocycles. The van der Waals surface area contributed by atoms with Crippen LogP contribution in [-0.2, 0) is 26.1 Å². The van der Waals surface area contributed by atoms with Crippen LogP contribution in [-0.4, -0.2) is 4.98 Å². The molecular formula is C10H9HgNO. The number of nitrogens with zero attached hydrogens (tertiary/aromatic N) is 1. The zero-order valence-electron chi connectivity index (χ0n) is 7.53.